The van der Waals surface area contributed by atoms with Crippen LogP contribution in [0.3, 0.4) is 0 Å². The van der Waals surface area contributed by atoms with Gasteiger partial charge in [0, 0.05) is 21.3 Å². The fourth-order valence-corrected chi connectivity index (χ4v) is 4.44. The van der Waals surface area contributed by atoms with Gasteiger partial charge < -0.3 is 5.32 Å². The van der Waals surface area contributed by atoms with Crippen molar-refractivity contribution < 1.29 is 9.73 Å². The highest BCUT2D eigenvalue weighted by molar-refractivity contribution is 6.38. The Balaban J connectivity index is 1.58. The number of anilines is 3. The van der Waals surface area contributed by atoms with Gasteiger partial charge in [0.2, 0.25) is 5.84 Å². The van der Waals surface area contributed by atoms with Gasteiger partial charge in [0.15, 0.2) is 0 Å². The highest BCUT2D eigenvalue weighted by Crippen LogP contribution is 2.44. The number of nitrogens with one attached hydrogen (secondary N) is 1. The lowest BCUT2D eigenvalue weighted by Gasteiger charge is -2.25. The number of oxime groups is 1. The van der Waals surface area contributed by atoms with Gasteiger partial charge in [-0.2, -0.15) is 10.0 Å². The summed E-state index contributed by atoms with van der Waals surface area (Å²) >= 11 is 13.1. The van der Waals surface area contributed by atoms with Crippen LogP contribution < -0.4 is 15.3 Å². The van der Waals surface area contributed by atoms with Crippen molar-refractivity contribution in [2.75, 3.05) is 15.3 Å². The smallest absolute Gasteiger partial charge is 0.306 e. The quantitative estimate of drug-likeness (QED) is 0.486. The predicted octanol–water partition coefficient (Wildman–Crippen LogP) is 6.22. The third kappa shape index (κ3) is 3.01. The van der Waals surface area contributed by atoms with Gasteiger partial charge in [-0.05, 0) is 66.9 Å². The van der Waals surface area contributed by atoms with Crippen LogP contribution in [0.15, 0.2) is 59.8 Å². The summed E-state index contributed by atoms with van der Waals surface area (Å²) in [5.41, 5.74) is 5.28. The minimum atomic E-state index is -0.393. The van der Waals surface area contributed by atoms with E-state index in [-0.39, 0.29) is 0 Å². The molecule has 2 amide bonds. The number of fused-ring (bicyclic) bond motifs is 3. The fraction of sp³-hybridized carbons (Fsp3) is 0.130. The van der Waals surface area contributed by atoms with E-state index in [1.807, 2.05) is 75.4 Å². The van der Waals surface area contributed by atoms with Gasteiger partial charge in [-0.3, -0.25) is 4.94 Å². The number of carbonyl (C=O) groups excluding carboxylic acids is 1. The lowest BCUT2D eigenvalue weighted by molar-refractivity contribution is -0.133. The molecule has 0 saturated heterocycles. The van der Waals surface area contributed by atoms with Crippen molar-refractivity contribution in [3.8, 4) is 0 Å². The molecule has 1 N–H and O–H groups in total. The monoisotopic (exact) mass is 467 g/mol. The number of nitrogens with zero attached hydrogens (tertiary/aromatic N) is 4. The molecule has 9 heteroatoms. The molecule has 0 aliphatic carbocycles. The predicted molar refractivity (Wildman–Crippen MR) is 127 cm³/mol. The summed E-state index contributed by atoms with van der Waals surface area (Å²) in [6.07, 6.45) is 0. The van der Waals surface area contributed by atoms with Gasteiger partial charge in [0.05, 0.1) is 16.7 Å². The summed E-state index contributed by atoms with van der Waals surface area (Å²) in [7, 11) is 0. The number of amides is 2. The second kappa shape index (κ2) is 7.70. The zero-order valence-electron chi connectivity index (χ0n) is 17.6. The minimum absolute atomic E-state index is 0.393. The summed E-state index contributed by atoms with van der Waals surface area (Å²) < 4.78 is 0. The number of hydrazine groups is 2. The first-order valence-corrected chi connectivity index (χ1v) is 10.7. The van der Waals surface area contributed by atoms with E-state index in [1.54, 1.807) is 5.01 Å². The van der Waals surface area contributed by atoms with E-state index in [9.17, 15) is 4.79 Å². The molecule has 32 heavy (non-hydrogen) atoms. The SMILES string of the molecule is Cc1c(Cl)c(C)c(C2=NON3N(C(=O)Nc4ccccc4)c4ccccc4N23)c(C)c1Cl. The van der Waals surface area contributed by atoms with E-state index in [0.29, 0.717) is 27.3 Å². The second-order valence-corrected chi connectivity index (χ2v) is 8.29. The summed E-state index contributed by atoms with van der Waals surface area (Å²) in [6.45, 7) is 5.72. The number of hydrogen-bond donors (Lipinski definition) is 1. The molecular formula is C23H19Cl2N5O2. The summed E-state index contributed by atoms with van der Waals surface area (Å²) in [4.78, 5) is 18.9. The van der Waals surface area contributed by atoms with Crippen molar-refractivity contribution in [2.24, 2.45) is 5.16 Å². The van der Waals surface area contributed by atoms with Crippen molar-refractivity contribution in [3.63, 3.8) is 0 Å². The zero-order valence-corrected chi connectivity index (χ0v) is 19.1. The molecule has 3 aromatic rings. The highest BCUT2D eigenvalue weighted by atomic mass is 35.5. The molecule has 0 atom stereocenters. The van der Waals surface area contributed by atoms with E-state index in [0.717, 1.165) is 27.9 Å². The first-order valence-electron chi connectivity index (χ1n) is 9.95. The topological polar surface area (TPSA) is 60.4 Å². The van der Waals surface area contributed by atoms with E-state index in [2.05, 4.69) is 10.5 Å². The van der Waals surface area contributed by atoms with E-state index in [1.165, 1.54) is 10.3 Å². The van der Waals surface area contributed by atoms with Crippen LogP contribution >= 0.6 is 23.2 Å². The molecule has 162 valence electrons. The van der Waals surface area contributed by atoms with Crippen molar-refractivity contribution >= 4 is 52.1 Å². The van der Waals surface area contributed by atoms with Crippen molar-refractivity contribution in [1.29, 1.82) is 0 Å². The summed E-state index contributed by atoms with van der Waals surface area (Å²) in [6, 6.07) is 16.3. The van der Waals surface area contributed by atoms with Crippen LogP contribution in [0.25, 0.3) is 0 Å². The lowest BCUT2D eigenvalue weighted by atomic mass is 9.98. The van der Waals surface area contributed by atoms with Crippen LogP contribution in [-0.4, -0.2) is 17.1 Å². The Bertz CT molecular complexity index is 1250. The Labute approximate surface area is 195 Å². The van der Waals surface area contributed by atoms with Crippen LogP contribution in [0, 0.1) is 20.8 Å². The molecule has 2 heterocycles. The van der Waals surface area contributed by atoms with Crippen LogP contribution in [-0.2, 0) is 4.94 Å². The van der Waals surface area contributed by atoms with Crippen molar-refractivity contribution in [3.05, 3.63) is 86.9 Å². The molecule has 0 bridgehead atoms. The third-order valence-corrected chi connectivity index (χ3v) is 6.72. The summed E-state index contributed by atoms with van der Waals surface area (Å²) in [5, 5.41) is 12.8. The van der Waals surface area contributed by atoms with Crippen molar-refractivity contribution in [2.45, 2.75) is 20.8 Å². The Hall–Kier alpha value is -3.26. The molecule has 0 fully saturated rings. The van der Waals surface area contributed by atoms with Crippen LogP contribution in [0.4, 0.5) is 21.9 Å². The summed E-state index contributed by atoms with van der Waals surface area (Å²) in [5.74, 6) is 0.492. The number of halogens is 2. The first-order chi connectivity index (χ1) is 15.4. The fourth-order valence-electron chi connectivity index (χ4n) is 4.01. The normalized spacial score (nSPS) is 14.7. The molecular weight excluding hydrogens is 449 g/mol. The molecule has 0 aromatic heterocycles. The highest BCUT2D eigenvalue weighted by Gasteiger charge is 2.47. The maximum Gasteiger partial charge on any atom is 0.345 e. The molecule has 0 unspecified atom stereocenters. The average Bonchev–Trinajstić information content (AvgIpc) is 3.36. The third-order valence-electron chi connectivity index (χ3n) is 5.59. The van der Waals surface area contributed by atoms with Gasteiger partial charge in [-0.15, -0.1) is 0 Å². The van der Waals surface area contributed by atoms with Crippen molar-refractivity contribution in [1.82, 2.24) is 5.28 Å². The Morgan fingerprint density at radius 2 is 1.47 bits per heavy atom. The minimum Gasteiger partial charge on any atom is -0.306 e. The molecule has 0 saturated carbocycles. The molecule has 2 aliphatic heterocycles. The standard InChI is InChI=1S/C23H19Cl2N5O2/c1-13-19(14(2)21(25)15(3)20(13)24)22-27-32-30-28(22)17-11-7-8-12-18(17)29(30)23(31)26-16-9-5-4-6-10-16/h4-12H,1-3H3,(H,26,31). The molecule has 2 aliphatic rings. The number of carbonyl (C=O) groups is 1. The zero-order chi connectivity index (χ0) is 22.6. The van der Waals surface area contributed by atoms with Crippen LogP contribution in [0.1, 0.15) is 22.3 Å². The first kappa shape index (κ1) is 20.6. The van der Waals surface area contributed by atoms with E-state index < -0.39 is 6.03 Å². The number of amidine groups is 1. The van der Waals surface area contributed by atoms with Gasteiger partial charge in [-0.1, -0.05) is 53.5 Å². The maximum atomic E-state index is 13.2. The number of para-hydroxylation sites is 3. The number of urea groups is 1. The Morgan fingerprint density at radius 1 is 0.875 bits per heavy atom. The van der Waals surface area contributed by atoms with Gasteiger partial charge in [-0.25, -0.2) is 4.79 Å². The molecule has 7 nitrogen and oxygen atoms in total. The van der Waals surface area contributed by atoms with Crippen LogP contribution in [0.2, 0.25) is 10.0 Å². The van der Waals surface area contributed by atoms with Crippen LogP contribution in [0.5, 0.6) is 0 Å². The number of benzene rings is 3. The van der Waals surface area contributed by atoms with Gasteiger partial charge in [0.1, 0.15) is 0 Å². The lowest BCUT2D eigenvalue weighted by Crippen LogP contribution is -2.50. The van der Waals surface area contributed by atoms with E-state index in [4.69, 9.17) is 28.1 Å². The molecule has 5 rings (SSSR count). The molecule has 3 aromatic carbocycles. The van der Waals surface area contributed by atoms with Gasteiger partial charge in [0.25, 0.3) is 0 Å². The number of hydrogen-bond acceptors (Lipinski definition) is 5. The largest absolute Gasteiger partial charge is 0.345 e. The van der Waals surface area contributed by atoms with Gasteiger partial charge >= 0.3 is 6.03 Å². The van der Waals surface area contributed by atoms with E-state index >= 15 is 0 Å². The Morgan fingerprint density at radius 3 is 2.12 bits per heavy atom. The maximum absolute atomic E-state index is 13.2. The number of rotatable bonds is 2. The Kier molecular flexibility index (Phi) is 4.97. The molecule has 0 spiro atoms. The molecule has 0 radical (unpaired) electrons. The second-order valence-electron chi connectivity index (χ2n) is 7.54. The average molecular weight is 468 g/mol.